The van der Waals surface area contributed by atoms with Crippen LogP contribution in [0.2, 0.25) is 5.02 Å². The number of ether oxygens (including phenoxy) is 1. The zero-order chi connectivity index (χ0) is 34.8. The highest BCUT2D eigenvalue weighted by Crippen LogP contribution is 2.30. The number of amides is 1. The van der Waals surface area contributed by atoms with Crippen LogP contribution in [0.15, 0.2) is 64.3 Å². The maximum absolute atomic E-state index is 13.2. The molecule has 2 aromatic carbocycles. The number of carboxylic acids is 1. The molecule has 1 aromatic heterocycles. The number of carbonyl (C=O) groups excluding carboxylic acids is 1. The SMILES string of the molecule is Cc1ccc(NS(=O)(=O)c2ccc(Oc3cccc(Cl)c3C#N)cc2)c(=O)n1C(CCONC(=N)N)C(N)=O.O=C(O)C(F)(F)F. The highest BCUT2D eigenvalue weighted by atomic mass is 35.5. The maximum Gasteiger partial charge on any atom is 0.490 e. The number of rotatable bonds is 11. The van der Waals surface area contributed by atoms with Gasteiger partial charge in [0.1, 0.15) is 34.9 Å². The number of guanidine groups is 1. The number of nitriles is 1. The molecule has 0 aliphatic heterocycles. The Hall–Kier alpha value is -5.32. The molecule has 0 saturated heterocycles. The summed E-state index contributed by atoms with van der Waals surface area (Å²) in [6.45, 7) is 1.43. The average molecular weight is 688 g/mol. The van der Waals surface area contributed by atoms with Gasteiger partial charge in [-0.05, 0) is 55.5 Å². The number of pyridine rings is 1. The van der Waals surface area contributed by atoms with Crippen molar-refractivity contribution in [1.82, 2.24) is 10.0 Å². The van der Waals surface area contributed by atoms with Gasteiger partial charge in [0.2, 0.25) is 11.9 Å². The minimum absolute atomic E-state index is 0.0613. The molecule has 15 nitrogen and oxygen atoms in total. The van der Waals surface area contributed by atoms with Crippen LogP contribution < -0.4 is 32.0 Å². The van der Waals surface area contributed by atoms with Gasteiger partial charge in [-0.2, -0.15) is 18.4 Å². The van der Waals surface area contributed by atoms with Crippen LogP contribution in [0.4, 0.5) is 18.9 Å². The molecule has 3 rings (SSSR count). The number of carbonyl (C=O) groups is 2. The van der Waals surface area contributed by atoms with Crippen LogP contribution in [0.5, 0.6) is 11.5 Å². The quantitative estimate of drug-likeness (QED) is 0.0739. The van der Waals surface area contributed by atoms with Crippen LogP contribution in [0.25, 0.3) is 0 Å². The lowest BCUT2D eigenvalue weighted by atomic mass is 10.1. The number of hydroxylamine groups is 1. The van der Waals surface area contributed by atoms with Crippen LogP contribution in [-0.2, 0) is 24.4 Å². The predicted molar refractivity (Wildman–Crippen MR) is 156 cm³/mol. The van der Waals surface area contributed by atoms with Gasteiger partial charge >= 0.3 is 12.1 Å². The minimum Gasteiger partial charge on any atom is -0.475 e. The number of primary amides is 1. The first-order chi connectivity index (χ1) is 21.4. The fraction of sp³-hybridized carbons (Fsp3) is 0.192. The summed E-state index contributed by atoms with van der Waals surface area (Å²) in [5, 5.41) is 23.7. The number of aliphatic carboxylic acids is 1. The largest absolute Gasteiger partial charge is 0.490 e. The number of halogens is 4. The molecule has 0 radical (unpaired) electrons. The number of alkyl halides is 3. The van der Waals surface area contributed by atoms with Crippen LogP contribution in [0.3, 0.4) is 0 Å². The van der Waals surface area contributed by atoms with Gasteiger partial charge in [0.05, 0.1) is 16.5 Å². The molecule has 1 heterocycles. The standard InChI is InChI=1S/C24H24ClN7O6S.C2HF3O2/c1-14-5-10-19(23(34)32(14)20(22(27)33)11-12-37-30-24(28)29)31-39(35,36)16-8-6-15(7-9-16)38-21-4-2-3-18(25)17(21)13-26;3-2(4,5)1(6)7/h2-10,20,31H,11-12H2,1H3,(H2,27,33)(H4,28,29,30);(H,6,7). The maximum atomic E-state index is 13.2. The minimum atomic E-state index is -5.08. The lowest BCUT2D eigenvalue weighted by Gasteiger charge is -2.20. The number of benzene rings is 2. The first-order valence-corrected chi connectivity index (χ1v) is 14.3. The molecule has 0 fully saturated rings. The van der Waals surface area contributed by atoms with Gasteiger partial charge in [0, 0.05) is 12.1 Å². The molecule has 8 N–H and O–H groups in total. The van der Waals surface area contributed by atoms with Gasteiger partial charge in [-0.25, -0.2) is 18.7 Å². The Morgan fingerprint density at radius 3 is 2.28 bits per heavy atom. The van der Waals surface area contributed by atoms with Crippen molar-refractivity contribution >= 4 is 45.1 Å². The molecule has 1 unspecified atom stereocenters. The summed E-state index contributed by atoms with van der Waals surface area (Å²) in [6.07, 6.45) is -5.14. The first-order valence-electron chi connectivity index (χ1n) is 12.4. The zero-order valence-corrected chi connectivity index (χ0v) is 25.0. The number of aryl methyl sites for hydroxylation is 1. The van der Waals surface area contributed by atoms with Gasteiger partial charge in [0.15, 0.2) is 0 Å². The van der Waals surface area contributed by atoms with E-state index in [9.17, 15) is 36.4 Å². The average Bonchev–Trinajstić information content (AvgIpc) is 2.95. The van der Waals surface area contributed by atoms with E-state index >= 15 is 0 Å². The van der Waals surface area contributed by atoms with E-state index in [0.717, 1.165) is 4.57 Å². The van der Waals surface area contributed by atoms with Crippen molar-refractivity contribution in [1.29, 1.82) is 10.7 Å². The Morgan fingerprint density at radius 1 is 1.15 bits per heavy atom. The number of hydrogen-bond donors (Lipinski definition) is 6. The Kier molecular flexibility index (Phi) is 12.5. The number of anilines is 1. The van der Waals surface area contributed by atoms with Gasteiger partial charge in [-0.3, -0.25) is 29.1 Å². The molecule has 20 heteroatoms. The lowest BCUT2D eigenvalue weighted by molar-refractivity contribution is -0.192. The summed E-state index contributed by atoms with van der Waals surface area (Å²) >= 11 is 6.01. The molecule has 0 aliphatic rings. The van der Waals surface area contributed by atoms with E-state index < -0.39 is 45.6 Å². The topological polar surface area (TPSA) is 253 Å². The normalized spacial score (nSPS) is 11.7. The molecule has 1 atom stereocenters. The Labute approximate surface area is 263 Å². The first kappa shape index (κ1) is 36.9. The van der Waals surface area contributed by atoms with Crippen molar-refractivity contribution in [3.05, 3.63) is 81.2 Å². The summed E-state index contributed by atoms with van der Waals surface area (Å²) in [5.74, 6) is -3.61. The van der Waals surface area contributed by atoms with E-state index in [1.807, 2.05) is 6.07 Å². The van der Waals surface area contributed by atoms with E-state index in [1.165, 1.54) is 36.4 Å². The van der Waals surface area contributed by atoms with Crippen LogP contribution in [-0.4, -0.2) is 48.7 Å². The number of hydrogen-bond acceptors (Lipinski definition) is 9. The van der Waals surface area contributed by atoms with Crippen molar-refractivity contribution < 1.29 is 45.9 Å². The van der Waals surface area contributed by atoms with Gasteiger partial charge in [0.25, 0.3) is 15.6 Å². The zero-order valence-electron chi connectivity index (χ0n) is 23.5. The van der Waals surface area contributed by atoms with Crippen molar-refractivity contribution in [3.8, 4) is 17.6 Å². The number of nitrogens with two attached hydrogens (primary N) is 2. The number of sulfonamides is 1. The molecule has 0 bridgehead atoms. The molecule has 1 amide bonds. The number of nitrogens with zero attached hydrogens (tertiary/aromatic N) is 2. The summed E-state index contributed by atoms with van der Waals surface area (Å²) in [5.41, 5.74) is 12.1. The number of carboxylic acid groups (broad SMARTS) is 1. The molecule has 0 spiro atoms. The summed E-state index contributed by atoms with van der Waals surface area (Å²) in [4.78, 5) is 39.0. The van der Waals surface area contributed by atoms with Crippen molar-refractivity contribution in [3.63, 3.8) is 0 Å². The van der Waals surface area contributed by atoms with Crippen LogP contribution >= 0.6 is 11.6 Å². The highest BCUT2D eigenvalue weighted by molar-refractivity contribution is 7.92. The van der Waals surface area contributed by atoms with Crippen LogP contribution in [0.1, 0.15) is 23.7 Å². The molecule has 3 aromatic rings. The van der Waals surface area contributed by atoms with E-state index in [4.69, 9.17) is 48.0 Å². The van der Waals surface area contributed by atoms with Crippen LogP contribution in [0, 0.1) is 23.7 Å². The molecule has 246 valence electrons. The van der Waals surface area contributed by atoms with Crippen molar-refractivity contribution in [2.24, 2.45) is 11.5 Å². The van der Waals surface area contributed by atoms with Crippen molar-refractivity contribution in [2.75, 3.05) is 11.3 Å². The Bertz CT molecular complexity index is 1810. The Morgan fingerprint density at radius 2 is 1.76 bits per heavy atom. The van der Waals surface area contributed by atoms with Gasteiger partial charge in [-0.1, -0.05) is 17.7 Å². The number of aromatic nitrogens is 1. The fourth-order valence-electron chi connectivity index (χ4n) is 3.52. The third kappa shape index (κ3) is 10.1. The van der Waals surface area contributed by atoms with Crippen molar-refractivity contribution in [2.45, 2.75) is 30.5 Å². The lowest BCUT2D eigenvalue weighted by Crippen LogP contribution is -2.38. The van der Waals surface area contributed by atoms with Gasteiger partial charge in [-0.15, -0.1) is 0 Å². The van der Waals surface area contributed by atoms with E-state index in [2.05, 4.69) is 10.2 Å². The summed E-state index contributed by atoms with van der Waals surface area (Å²) in [7, 11) is -4.23. The molecular formula is C26H25ClF3N7O8S. The molecule has 46 heavy (non-hydrogen) atoms. The number of nitrogens with one attached hydrogen (secondary N) is 3. The monoisotopic (exact) mass is 687 g/mol. The third-order valence-electron chi connectivity index (χ3n) is 5.57. The Balaban J connectivity index is 0.000000942. The molecular weight excluding hydrogens is 663 g/mol. The van der Waals surface area contributed by atoms with E-state index in [0.29, 0.717) is 5.69 Å². The predicted octanol–water partition coefficient (Wildman–Crippen LogP) is 2.74. The highest BCUT2D eigenvalue weighted by Gasteiger charge is 2.38. The smallest absolute Gasteiger partial charge is 0.475 e. The summed E-state index contributed by atoms with van der Waals surface area (Å²) in [6, 6.07) is 13.5. The second-order valence-corrected chi connectivity index (χ2v) is 10.9. The van der Waals surface area contributed by atoms with E-state index in [-0.39, 0.29) is 45.7 Å². The summed E-state index contributed by atoms with van der Waals surface area (Å²) < 4.78 is 66.8. The second-order valence-electron chi connectivity index (χ2n) is 8.84. The molecule has 0 aliphatic carbocycles. The molecule has 0 saturated carbocycles. The van der Waals surface area contributed by atoms with Gasteiger partial charge < -0.3 is 21.3 Å². The van der Waals surface area contributed by atoms with E-state index in [1.54, 1.807) is 25.1 Å². The fourth-order valence-corrected chi connectivity index (χ4v) is 4.79. The third-order valence-corrected chi connectivity index (χ3v) is 7.27. The second kappa shape index (κ2) is 15.6.